The molecule has 0 aliphatic heterocycles. The molecule has 1 aromatic rings. The summed E-state index contributed by atoms with van der Waals surface area (Å²) in [5.41, 5.74) is 0. The van der Waals surface area contributed by atoms with Gasteiger partial charge in [-0.25, -0.2) is 0 Å². The lowest BCUT2D eigenvalue weighted by molar-refractivity contribution is -0.140. The van der Waals surface area contributed by atoms with Crippen LogP contribution in [0.3, 0.4) is 0 Å². The first kappa shape index (κ1) is 9.70. The Hall–Kier alpha value is -1.39. The average Bonchev–Trinajstić information content (AvgIpc) is 2.52. The summed E-state index contributed by atoms with van der Waals surface area (Å²) in [5, 5.41) is 7.57. The molecule has 0 saturated heterocycles. The van der Waals surface area contributed by atoms with E-state index < -0.39 is 0 Å². The van der Waals surface area contributed by atoms with E-state index in [2.05, 4.69) is 14.9 Å². The fourth-order valence-electron chi connectivity index (χ4n) is 1.03. The zero-order valence-electron chi connectivity index (χ0n) is 8.02. The maximum absolute atomic E-state index is 11.0. The number of ether oxygens (including phenoxy) is 1. The van der Waals surface area contributed by atoms with Crippen LogP contribution in [0, 0.1) is 0 Å². The second-order valence-electron chi connectivity index (χ2n) is 3.00. The first-order chi connectivity index (χ1) is 6.15. The van der Waals surface area contributed by atoms with E-state index in [0.717, 1.165) is 0 Å². The Labute approximate surface area is 76.7 Å². The van der Waals surface area contributed by atoms with E-state index in [-0.39, 0.29) is 18.4 Å². The molecule has 72 valence electrons. The zero-order valence-corrected chi connectivity index (χ0v) is 8.02. The number of aromatic nitrogens is 3. The van der Waals surface area contributed by atoms with Gasteiger partial charge in [-0.05, 0) is 13.8 Å². The van der Waals surface area contributed by atoms with Gasteiger partial charge in [-0.15, -0.1) is 10.2 Å². The van der Waals surface area contributed by atoms with E-state index in [1.165, 1.54) is 7.11 Å². The molecule has 5 heteroatoms. The van der Waals surface area contributed by atoms with Gasteiger partial charge in [0.15, 0.2) is 0 Å². The molecule has 0 aromatic carbocycles. The minimum atomic E-state index is -0.296. The maximum Gasteiger partial charge on any atom is 0.313 e. The van der Waals surface area contributed by atoms with Crippen molar-refractivity contribution < 1.29 is 9.53 Å². The van der Waals surface area contributed by atoms with E-state index in [1.807, 2.05) is 18.4 Å². The Kier molecular flexibility index (Phi) is 3.00. The van der Waals surface area contributed by atoms with Crippen molar-refractivity contribution in [2.24, 2.45) is 0 Å². The number of methoxy groups -OCH3 is 1. The highest BCUT2D eigenvalue weighted by molar-refractivity contribution is 5.71. The molecule has 5 nitrogen and oxygen atoms in total. The van der Waals surface area contributed by atoms with E-state index in [4.69, 9.17) is 0 Å². The van der Waals surface area contributed by atoms with Gasteiger partial charge in [-0.1, -0.05) is 0 Å². The van der Waals surface area contributed by atoms with Crippen LogP contribution in [-0.4, -0.2) is 27.8 Å². The first-order valence-corrected chi connectivity index (χ1v) is 4.10. The van der Waals surface area contributed by atoms with Gasteiger partial charge in [0.25, 0.3) is 0 Å². The SMILES string of the molecule is COC(=O)Cc1nncn1C(C)C. The van der Waals surface area contributed by atoms with Crippen molar-refractivity contribution in [2.75, 3.05) is 7.11 Å². The van der Waals surface area contributed by atoms with Gasteiger partial charge in [0.05, 0.1) is 7.11 Å². The Bertz CT molecular complexity index is 293. The Morgan fingerprint density at radius 3 is 2.92 bits per heavy atom. The van der Waals surface area contributed by atoms with Crippen LogP contribution in [0.25, 0.3) is 0 Å². The smallest absolute Gasteiger partial charge is 0.313 e. The van der Waals surface area contributed by atoms with Crippen LogP contribution in [-0.2, 0) is 16.0 Å². The summed E-state index contributed by atoms with van der Waals surface area (Å²) in [4.78, 5) is 11.0. The molecule has 1 heterocycles. The molecule has 0 radical (unpaired) electrons. The number of nitrogens with zero attached hydrogens (tertiary/aromatic N) is 3. The molecule has 0 atom stereocenters. The third kappa shape index (κ3) is 2.27. The summed E-state index contributed by atoms with van der Waals surface area (Å²) < 4.78 is 6.38. The van der Waals surface area contributed by atoms with Crippen LogP contribution in [0.1, 0.15) is 25.7 Å². The van der Waals surface area contributed by atoms with E-state index >= 15 is 0 Å². The van der Waals surface area contributed by atoms with Crippen LogP contribution < -0.4 is 0 Å². The summed E-state index contributed by atoms with van der Waals surface area (Å²) in [6.45, 7) is 4.01. The summed E-state index contributed by atoms with van der Waals surface area (Å²) in [7, 11) is 1.36. The standard InChI is InChI=1S/C8H13N3O2/c1-6(2)11-5-9-10-7(11)4-8(12)13-3/h5-6H,4H2,1-3H3. The third-order valence-electron chi connectivity index (χ3n) is 1.73. The number of hydrogen-bond acceptors (Lipinski definition) is 4. The summed E-state index contributed by atoms with van der Waals surface area (Å²) in [6.07, 6.45) is 1.79. The highest BCUT2D eigenvalue weighted by Gasteiger charge is 2.11. The lowest BCUT2D eigenvalue weighted by atomic mass is 10.3. The molecule has 0 fully saturated rings. The minimum Gasteiger partial charge on any atom is -0.469 e. The van der Waals surface area contributed by atoms with Crippen molar-refractivity contribution in [1.29, 1.82) is 0 Å². The Morgan fingerprint density at radius 2 is 2.38 bits per heavy atom. The molecule has 0 amide bonds. The molecule has 0 aliphatic rings. The average molecular weight is 183 g/mol. The molecule has 0 spiro atoms. The van der Waals surface area contributed by atoms with E-state index in [0.29, 0.717) is 5.82 Å². The van der Waals surface area contributed by atoms with Crippen molar-refractivity contribution in [2.45, 2.75) is 26.3 Å². The molecule has 0 N–H and O–H groups in total. The van der Waals surface area contributed by atoms with Gasteiger partial charge in [-0.2, -0.15) is 0 Å². The van der Waals surface area contributed by atoms with Crippen molar-refractivity contribution in [3.63, 3.8) is 0 Å². The summed E-state index contributed by atoms with van der Waals surface area (Å²) >= 11 is 0. The zero-order chi connectivity index (χ0) is 9.84. The molecule has 0 saturated carbocycles. The van der Waals surface area contributed by atoms with Crippen LogP contribution in [0.5, 0.6) is 0 Å². The number of hydrogen-bond donors (Lipinski definition) is 0. The van der Waals surface area contributed by atoms with Crippen LogP contribution >= 0.6 is 0 Å². The second kappa shape index (κ2) is 4.02. The van der Waals surface area contributed by atoms with Gasteiger partial charge in [0, 0.05) is 6.04 Å². The molecule has 0 unspecified atom stereocenters. The second-order valence-corrected chi connectivity index (χ2v) is 3.00. The fourth-order valence-corrected chi connectivity index (χ4v) is 1.03. The monoisotopic (exact) mass is 183 g/mol. The number of esters is 1. The molecule has 0 bridgehead atoms. The first-order valence-electron chi connectivity index (χ1n) is 4.10. The largest absolute Gasteiger partial charge is 0.469 e. The quantitative estimate of drug-likeness (QED) is 0.643. The van der Waals surface area contributed by atoms with Gasteiger partial charge in [0.1, 0.15) is 18.6 Å². The number of rotatable bonds is 3. The number of carbonyl (C=O) groups is 1. The third-order valence-corrected chi connectivity index (χ3v) is 1.73. The number of carbonyl (C=O) groups excluding carboxylic acids is 1. The molecule has 1 aromatic heterocycles. The van der Waals surface area contributed by atoms with Crippen LogP contribution in [0.2, 0.25) is 0 Å². The minimum absolute atomic E-state index is 0.175. The predicted octanol–water partition coefficient (Wildman–Crippen LogP) is 0.574. The normalized spacial score (nSPS) is 10.5. The van der Waals surface area contributed by atoms with Crippen molar-refractivity contribution in [1.82, 2.24) is 14.8 Å². The highest BCUT2D eigenvalue weighted by Crippen LogP contribution is 2.06. The lowest BCUT2D eigenvalue weighted by Crippen LogP contribution is -2.12. The van der Waals surface area contributed by atoms with Gasteiger partial charge in [0.2, 0.25) is 0 Å². The summed E-state index contributed by atoms with van der Waals surface area (Å²) in [5.74, 6) is 0.344. The topological polar surface area (TPSA) is 57.0 Å². The van der Waals surface area contributed by atoms with Gasteiger partial charge >= 0.3 is 5.97 Å². The molecule has 1 rings (SSSR count). The molecule has 13 heavy (non-hydrogen) atoms. The van der Waals surface area contributed by atoms with Crippen LogP contribution in [0.15, 0.2) is 6.33 Å². The van der Waals surface area contributed by atoms with Crippen molar-refractivity contribution in [3.8, 4) is 0 Å². The maximum atomic E-state index is 11.0. The molecular weight excluding hydrogens is 170 g/mol. The lowest BCUT2D eigenvalue weighted by Gasteiger charge is -2.08. The van der Waals surface area contributed by atoms with Crippen molar-refractivity contribution in [3.05, 3.63) is 12.2 Å². The van der Waals surface area contributed by atoms with E-state index in [9.17, 15) is 4.79 Å². The Morgan fingerprint density at radius 1 is 1.69 bits per heavy atom. The van der Waals surface area contributed by atoms with E-state index in [1.54, 1.807) is 6.33 Å². The predicted molar refractivity (Wildman–Crippen MR) is 46.1 cm³/mol. The molecular formula is C8H13N3O2. The summed E-state index contributed by atoms with van der Waals surface area (Å²) in [6, 6.07) is 0.259. The Balaban J connectivity index is 2.76. The van der Waals surface area contributed by atoms with Crippen LogP contribution in [0.4, 0.5) is 0 Å². The fraction of sp³-hybridized carbons (Fsp3) is 0.625. The highest BCUT2D eigenvalue weighted by atomic mass is 16.5. The van der Waals surface area contributed by atoms with Gasteiger partial charge < -0.3 is 9.30 Å². The van der Waals surface area contributed by atoms with Crippen molar-refractivity contribution >= 4 is 5.97 Å². The molecule has 0 aliphatic carbocycles. The van der Waals surface area contributed by atoms with Gasteiger partial charge in [-0.3, -0.25) is 4.79 Å².